The van der Waals surface area contributed by atoms with Crippen molar-refractivity contribution in [3.8, 4) is 6.01 Å². The van der Waals surface area contributed by atoms with Crippen LogP contribution < -0.4 is 9.64 Å². The lowest BCUT2D eigenvalue weighted by molar-refractivity contribution is -0.154. The number of nitrogens with zero attached hydrogens (tertiary/aromatic N) is 3. The van der Waals surface area contributed by atoms with Crippen LogP contribution in [0.25, 0.3) is 0 Å². The molecule has 1 aromatic heterocycles. The molecular weight excluding hydrogens is 306 g/mol. The summed E-state index contributed by atoms with van der Waals surface area (Å²) in [5.74, 6) is 0.635. The van der Waals surface area contributed by atoms with Crippen LogP contribution in [0.15, 0.2) is 6.20 Å². The Bertz CT molecular complexity index is 551. The van der Waals surface area contributed by atoms with E-state index in [4.69, 9.17) is 21.1 Å². The zero-order valence-corrected chi connectivity index (χ0v) is 14.2. The van der Waals surface area contributed by atoms with Crippen molar-refractivity contribution >= 4 is 23.4 Å². The van der Waals surface area contributed by atoms with Gasteiger partial charge in [0.25, 0.3) is 0 Å². The lowest BCUT2D eigenvalue weighted by atomic mass is 9.74. The molecule has 1 aliphatic rings. The number of rotatable bonds is 4. The second-order valence-corrected chi connectivity index (χ2v) is 6.43. The average Bonchev–Trinajstić information content (AvgIpc) is 2.54. The molecule has 2 heterocycles. The van der Waals surface area contributed by atoms with E-state index in [0.29, 0.717) is 17.4 Å². The minimum absolute atomic E-state index is 0.172. The molecule has 0 radical (unpaired) electrons. The molecule has 22 heavy (non-hydrogen) atoms. The smallest absolute Gasteiger partial charge is 0.318 e. The van der Waals surface area contributed by atoms with Crippen molar-refractivity contribution in [1.82, 2.24) is 9.97 Å². The monoisotopic (exact) mass is 327 g/mol. The van der Waals surface area contributed by atoms with Gasteiger partial charge in [0, 0.05) is 13.1 Å². The highest BCUT2D eigenvalue weighted by atomic mass is 35.5. The van der Waals surface area contributed by atoms with Crippen LogP contribution in [0.4, 0.5) is 5.82 Å². The number of carbonyl (C=O) groups excluding carboxylic acids is 1. The van der Waals surface area contributed by atoms with Gasteiger partial charge in [0.05, 0.1) is 25.8 Å². The van der Waals surface area contributed by atoms with Crippen molar-refractivity contribution in [1.29, 1.82) is 0 Å². The van der Waals surface area contributed by atoms with E-state index < -0.39 is 5.41 Å². The summed E-state index contributed by atoms with van der Waals surface area (Å²) < 4.78 is 10.0. The summed E-state index contributed by atoms with van der Waals surface area (Å²) in [6.45, 7) is 5.39. The second-order valence-electron chi connectivity index (χ2n) is 6.03. The summed E-state index contributed by atoms with van der Waals surface area (Å²) in [6, 6.07) is 0.286. The van der Waals surface area contributed by atoms with E-state index >= 15 is 0 Å². The SMILES string of the molecule is COC(=O)C(C)(C)C1CCCN(c2nc(OC)ncc2Cl)C1. The van der Waals surface area contributed by atoms with Gasteiger partial charge in [0.1, 0.15) is 5.02 Å². The fourth-order valence-corrected chi connectivity index (χ4v) is 3.06. The van der Waals surface area contributed by atoms with Crippen molar-refractivity contribution in [2.45, 2.75) is 26.7 Å². The summed E-state index contributed by atoms with van der Waals surface area (Å²) in [7, 11) is 2.95. The standard InChI is InChI=1S/C15H22ClN3O3/c1-15(2,13(20)21-3)10-6-5-7-19(9-10)12-11(16)8-17-14(18-12)22-4/h8,10H,5-7,9H2,1-4H3. The predicted octanol–water partition coefficient (Wildman–Crippen LogP) is 2.55. The van der Waals surface area contributed by atoms with Crippen LogP contribution in [0.5, 0.6) is 6.01 Å². The number of ether oxygens (including phenoxy) is 2. The van der Waals surface area contributed by atoms with Gasteiger partial charge in [-0.05, 0) is 32.6 Å². The number of hydrogen-bond donors (Lipinski definition) is 0. The Morgan fingerprint density at radius 1 is 1.45 bits per heavy atom. The summed E-state index contributed by atoms with van der Waals surface area (Å²) in [6.07, 6.45) is 3.48. The maximum Gasteiger partial charge on any atom is 0.318 e. The van der Waals surface area contributed by atoms with E-state index in [9.17, 15) is 4.79 Å². The number of piperidine rings is 1. The first kappa shape index (κ1) is 16.8. The number of esters is 1. The first-order chi connectivity index (χ1) is 10.4. The maximum atomic E-state index is 12.0. The second kappa shape index (κ2) is 6.69. The van der Waals surface area contributed by atoms with E-state index in [-0.39, 0.29) is 17.9 Å². The first-order valence-electron chi connectivity index (χ1n) is 7.30. The van der Waals surface area contributed by atoms with Crippen LogP contribution >= 0.6 is 11.6 Å². The van der Waals surface area contributed by atoms with Gasteiger partial charge in [0.15, 0.2) is 5.82 Å². The van der Waals surface area contributed by atoms with Crippen LogP contribution in [0.3, 0.4) is 0 Å². The molecular formula is C15H22ClN3O3. The molecule has 0 amide bonds. The molecule has 1 aliphatic heterocycles. The number of halogens is 1. The normalized spacial score (nSPS) is 19.0. The van der Waals surface area contributed by atoms with E-state index in [1.165, 1.54) is 20.4 Å². The quantitative estimate of drug-likeness (QED) is 0.792. The van der Waals surface area contributed by atoms with Crippen LogP contribution in [-0.4, -0.2) is 43.2 Å². The lowest BCUT2D eigenvalue weighted by Crippen LogP contribution is -2.45. The Labute approximate surface area is 135 Å². The molecule has 1 unspecified atom stereocenters. The van der Waals surface area contributed by atoms with Gasteiger partial charge < -0.3 is 14.4 Å². The molecule has 1 atom stereocenters. The molecule has 2 rings (SSSR count). The minimum atomic E-state index is -0.545. The summed E-state index contributed by atoms with van der Waals surface area (Å²) in [4.78, 5) is 22.5. The number of carbonyl (C=O) groups is 1. The Morgan fingerprint density at radius 3 is 2.82 bits per heavy atom. The summed E-state index contributed by atoms with van der Waals surface area (Å²) in [5.41, 5.74) is -0.545. The molecule has 1 aromatic rings. The molecule has 6 nitrogen and oxygen atoms in total. The van der Waals surface area contributed by atoms with Gasteiger partial charge in [-0.3, -0.25) is 4.79 Å². The van der Waals surface area contributed by atoms with Crippen molar-refractivity contribution in [2.75, 3.05) is 32.2 Å². The van der Waals surface area contributed by atoms with E-state index in [2.05, 4.69) is 14.9 Å². The van der Waals surface area contributed by atoms with Crippen LogP contribution in [0.2, 0.25) is 5.02 Å². The van der Waals surface area contributed by atoms with Gasteiger partial charge in [-0.15, -0.1) is 0 Å². The largest absolute Gasteiger partial charge is 0.469 e. The van der Waals surface area contributed by atoms with Crippen molar-refractivity contribution < 1.29 is 14.3 Å². The molecule has 7 heteroatoms. The van der Waals surface area contributed by atoms with E-state index in [0.717, 1.165) is 19.4 Å². The third-order valence-electron chi connectivity index (χ3n) is 4.34. The third kappa shape index (κ3) is 3.27. The van der Waals surface area contributed by atoms with Gasteiger partial charge >= 0.3 is 12.0 Å². The fraction of sp³-hybridized carbons (Fsp3) is 0.667. The summed E-state index contributed by atoms with van der Waals surface area (Å²) in [5, 5.41) is 0.484. The first-order valence-corrected chi connectivity index (χ1v) is 7.67. The average molecular weight is 328 g/mol. The number of aromatic nitrogens is 2. The molecule has 1 saturated heterocycles. The van der Waals surface area contributed by atoms with Gasteiger partial charge in [-0.1, -0.05) is 11.6 Å². The van der Waals surface area contributed by atoms with Crippen molar-refractivity contribution in [3.63, 3.8) is 0 Å². The zero-order valence-electron chi connectivity index (χ0n) is 13.4. The molecule has 0 saturated carbocycles. The molecule has 0 N–H and O–H groups in total. The fourth-order valence-electron chi connectivity index (χ4n) is 2.85. The van der Waals surface area contributed by atoms with E-state index in [1.54, 1.807) is 0 Å². The molecule has 0 bridgehead atoms. The predicted molar refractivity (Wildman–Crippen MR) is 84.3 cm³/mol. The zero-order chi connectivity index (χ0) is 16.3. The van der Waals surface area contributed by atoms with Gasteiger partial charge in [-0.2, -0.15) is 4.98 Å². The molecule has 0 spiro atoms. The Morgan fingerprint density at radius 2 is 2.18 bits per heavy atom. The Hall–Kier alpha value is -1.56. The Kier molecular flexibility index (Phi) is 5.11. The van der Waals surface area contributed by atoms with Crippen LogP contribution in [-0.2, 0) is 9.53 Å². The highest BCUT2D eigenvalue weighted by Crippen LogP contribution is 2.37. The van der Waals surface area contributed by atoms with Crippen molar-refractivity contribution in [2.24, 2.45) is 11.3 Å². The number of methoxy groups -OCH3 is 2. The topological polar surface area (TPSA) is 64.5 Å². The van der Waals surface area contributed by atoms with Crippen LogP contribution in [0, 0.1) is 11.3 Å². The van der Waals surface area contributed by atoms with Gasteiger partial charge in [-0.25, -0.2) is 4.98 Å². The Balaban J connectivity index is 2.22. The number of hydrogen-bond acceptors (Lipinski definition) is 6. The molecule has 122 valence electrons. The highest BCUT2D eigenvalue weighted by molar-refractivity contribution is 6.32. The lowest BCUT2D eigenvalue weighted by Gasteiger charge is -2.40. The maximum absolute atomic E-state index is 12.0. The highest BCUT2D eigenvalue weighted by Gasteiger charge is 2.40. The molecule has 0 aromatic carbocycles. The summed E-state index contributed by atoms with van der Waals surface area (Å²) >= 11 is 6.22. The molecule has 0 aliphatic carbocycles. The van der Waals surface area contributed by atoms with Gasteiger partial charge in [0.2, 0.25) is 0 Å². The number of anilines is 1. The van der Waals surface area contributed by atoms with E-state index in [1.807, 2.05) is 13.8 Å². The van der Waals surface area contributed by atoms with Crippen molar-refractivity contribution in [3.05, 3.63) is 11.2 Å². The molecule has 1 fully saturated rings. The third-order valence-corrected chi connectivity index (χ3v) is 4.61. The minimum Gasteiger partial charge on any atom is -0.469 e. The van der Waals surface area contributed by atoms with Crippen LogP contribution in [0.1, 0.15) is 26.7 Å².